The van der Waals surface area contributed by atoms with Crippen LogP contribution in [0.25, 0.3) is 0 Å². The Kier molecular flexibility index (Phi) is 9.53. The van der Waals surface area contributed by atoms with Crippen molar-refractivity contribution in [3.63, 3.8) is 0 Å². The minimum atomic E-state index is -4.76. The normalized spacial score (nSPS) is 47.8. The molecule has 16 nitrogen and oxygen atoms in total. The Bertz CT molecular complexity index is 1190. The van der Waals surface area contributed by atoms with Gasteiger partial charge in [-0.25, -0.2) is 9.13 Å². The lowest BCUT2D eigenvalue weighted by Gasteiger charge is -2.33. The lowest BCUT2D eigenvalue weighted by molar-refractivity contribution is -0.169. The van der Waals surface area contributed by atoms with Gasteiger partial charge in [-0.3, -0.25) is 18.1 Å². The first-order valence-corrected chi connectivity index (χ1v) is 18.5. The van der Waals surface area contributed by atoms with Crippen molar-refractivity contribution in [2.75, 3.05) is 39.6 Å². The Morgan fingerprint density at radius 3 is 1.40 bits per heavy atom. The number of ether oxygens (including phenoxy) is 8. The summed E-state index contributed by atoms with van der Waals surface area (Å²) in [5, 5.41) is 0. The van der Waals surface area contributed by atoms with Gasteiger partial charge in [-0.05, 0) is 48.5 Å². The number of rotatable bonds is 15. The van der Waals surface area contributed by atoms with Crippen LogP contribution in [0.2, 0.25) is 0 Å². The quantitative estimate of drug-likeness (QED) is 0.237. The van der Waals surface area contributed by atoms with Crippen molar-refractivity contribution >= 4 is 15.6 Å². The van der Waals surface area contributed by atoms with Gasteiger partial charge in [0.25, 0.3) is 0 Å². The monoisotopic (exact) mass is 688 g/mol. The molecule has 0 aromatic carbocycles. The van der Waals surface area contributed by atoms with Crippen molar-refractivity contribution in [2.45, 2.75) is 132 Å². The highest BCUT2D eigenvalue weighted by atomic mass is 31.2. The minimum Gasteiger partial charge on any atom is -0.376 e. The molecule has 0 aliphatic carbocycles. The Labute approximate surface area is 262 Å². The maximum Gasteiger partial charge on any atom is 0.472 e. The van der Waals surface area contributed by atoms with Gasteiger partial charge in [-0.1, -0.05) is 0 Å². The molecular formula is C27H46O16P2. The van der Waals surface area contributed by atoms with Crippen LogP contribution >= 0.6 is 15.6 Å². The molecule has 0 saturated carbocycles. The van der Waals surface area contributed by atoms with E-state index >= 15 is 0 Å². The third-order valence-corrected chi connectivity index (χ3v) is 11.1. The van der Waals surface area contributed by atoms with Crippen molar-refractivity contribution in [3.05, 3.63) is 0 Å². The van der Waals surface area contributed by atoms with E-state index in [1.807, 2.05) is 34.6 Å². The third-order valence-electron chi connectivity index (χ3n) is 9.18. The molecule has 260 valence electrons. The van der Waals surface area contributed by atoms with Crippen LogP contribution in [0.3, 0.4) is 0 Å². The van der Waals surface area contributed by atoms with E-state index in [1.54, 1.807) is 13.8 Å². The van der Waals surface area contributed by atoms with E-state index in [0.717, 1.165) is 0 Å². The fraction of sp³-hybridized carbons (Fsp3) is 1.00. The molecule has 6 aliphatic heterocycles. The van der Waals surface area contributed by atoms with Gasteiger partial charge in [0, 0.05) is 0 Å². The molecule has 14 atom stereocenters. The zero-order valence-electron chi connectivity index (χ0n) is 26.6. The van der Waals surface area contributed by atoms with E-state index in [4.69, 9.17) is 56.0 Å². The molecule has 8 unspecified atom stereocenters. The molecule has 6 heterocycles. The van der Waals surface area contributed by atoms with Gasteiger partial charge in [0.1, 0.15) is 53.4 Å². The molecule has 6 rings (SSSR count). The zero-order valence-corrected chi connectivity index (χ0v) is 28.4. The standard InChI is InChI=1S/C27H46O16P2/c1-14(2)32-8-25-9-34-20(17(6)39-25)23(25)42-45(30,31)37-13-27-11-35-21(18(7)41-27)24(27)43-44(28,29)36-12-26-10-33-19(16(5)40-26)22(26)38-15(3)4/h14-24H,8-13H2,1-7H3,(H,28,29)(H,30,31)/t16?,17?,18?,19-,20-,21-,22-,23-,24-,25?,26?,27?/m1/s1. The first kappa shape index (κ1) is 34.8. The second-order valence-electron chi connectivity index (χ2n) is 13.5. The van der Waals surface area contributed by atoms with Gasteiger partial charge in [-0.2, -0.15) is 0 Å². The SMILES string of the molecule is CC(C)OCC12CO[C@H](C(C)O1)[C@H]2OP(=O)(O)OCC12CO[C@H](C(C)O1)[C@H]2OP(=O)(O)OCC12CO[C@H](C(C)O1)[C@H]2OC(C)C. The highest BCUT2D eigenvalue weighted by Gasteiger charge is 2.66. The topological polar surface area (TPSA) is 185 Å². The molecule has 6 aliphatic rings. The first-order valence-electron chi connectivity index (χ1n) is 15.5. The molecule has 18 heteroatoms. The van der Waals surface area contributed by atoms with Crippen LogP contribution in [0.1, 0.15) is 48.5 Å². The average molecular weight is 689 g/mol. The molecule has 45 heavy (non-hydrogen) atoms. The van der Waals surface area contributed by atoms with Gasteiger partial charge in [0.2, 0.25) is 0 Å². The van der Waals surface area contributed by atoms with Crippen LogP contribution in [0.5, 0.6) is 0 Å². The highest BCUT2D eigenvalue weighted by molar-refractivity contribution is 7.47. The molecule has 6 bridgehead atoms. The summed E-state index contributed by atoms with van der Waals surface area (Å²) >= 11 is 0. The smallest absolute Gasteiger partial charge is 0.376 e. The summed E-state index contributed by atoms with van der Waals surface area (Å²) in [6.45, 7) is 12.2. The Morgan fingerprint density at radius 2 is 1.02 bits per heavy atom. The summed E-state index contributed by atoms with van der Waals surface area (Å²) in [6, 6.07) is 0. The number of hydrogen-bond acceptors (Lipinski definition) is 14. The van der Waals surface area contributed by atoms with Crippen LogP contribution in [-0.4, -0.2) is 133 Å². The first-order chi connectivity index (χ1) is 21.0. The summed E-state index contributed by atoms with van der Waals surface area (Å²) in [5.41, 5.74) is -3.66. The van der Waals surface area contributed by atoms with Crippen molar-refractivity contribution < 1.29 is 74.9 Å². The molecule has 0 amide bonds. The average Bonchev–Trinajstić information content (AvgIpc) is 3.73. The Balaban J connectivity index is 1.10. The van der Waals surface area contributed by atoms with Crippen LogP contribution in [-0.2, 0) is 65.1 Å². The maximum atomic E-state index is 13.3. The van der Waals surface area contributed by atoms with Crippen LogP contribution < -0.4 is 0 Å². The zero-order chi connectivity index (χ0) is 32.6. The molecule has 2 N–H and O–H groups in total. The van der Waals surface area contributed by atoms with Crippen molar-refractivity contribution in [1.82, 2.24) is 0 Å². The molecule has 6 fully saturated rings. The van der Waals surface area contributed by atoms with Gasteiger partial charge < -0.3 is 47.7 Å². The minimum absolute atomic E-state index is 0.0975. The second kappa shape index (κ2) is 12.3. The van der Waals surface area contributed by atoms with E-state index in [0.29, 0.717) is 0 Å². The summed E-state index contributed by atoms with van der Waals surface area (Å²) < 4.78 is 96.2. The molecule has 0 radical (unpaired) electrons. The predicted octanol–water partition coefficient (Wildman–Crippen LogP) is 1.88. The van der Waals surface area contributed by atoms with E-state index in [2.05, 4.69) is 0 Å². The van der Waals surface area contributed by atoms with Crippen molar-refractivity contribution in [3.8, 4) is 0 Å². The lowest BCUT2D eigenvalue weighted by atomic mass is 9.99. The third kappa shape index (κ3) is 6.50. The predicted molar refractivity (Wildman–Crippen MR) is 151 cm³/mol. The molecular weight excluding hydrogens is 642 g/mol. The Morgan fingerprint density at radius 1 is 0.644 bits per heavy atom. The largest absolute Gasteiger partial charge is 0.472 e. The number of hydrogen-bond donors (Lipinski definition) is 2. The summed E-state index contributed by atoms with van der Waals surface area (Å²) in [4.78, 5) is 21.7. The summed E-state index contributed by atoms with van der Waals surface area (Å²) in [7, 11) is -9.51. The number of fused-ring (bicyclic) bond motifs is 6. The van der Waals surface area contributed by atoms with Gasteiger partial charge in [-0.15, -0.1) is 0 Å². The fourth-order valence-corrected chi connectivity index (χ4v) is 9.28. The highest BCUT2D eigenvalue weighted by Crippen LogP contribution is 2.57. The number of phosphoric ester groups is 2. The van der Waals surface area contributed by atoms with E-state index < -0.39 is 81.8 Å². The maximum absolute atomic E-state index is 13.3. The van der Waals surface area contributed by atoms with Crippen LogP contribution in [0.4, 0.5) is 0 Å². The van der Waals surface area contributed by atoms with E-state index in [1.165, 1.54) is 0 Å². The molecule has 0 aromatic rings. The summed E-state index contributed by atoms with van der Waals surface area (Å²) in [5.74, 6) is 0. The molecule has 0 spiro atoms. The lowest BCUT2D eigenvalue weighted by Crippen LogP contribution is -2.48. The van der Waals surface area contributed by atoms with E-state index in [-0.39, 0.29) is 57.5 Å². The van der Waals surface area contributed by atoms with Crippen molar-refractivity contribution in [1.29, 1.82) is 0 Å². The second-order valence-corrected chi connectivity index (χ2v) is 16.3. The Hall–Kier alpha value is -0.100. The van der Waals surface area contributed by atoms with Gasteiger partial charge >= 0.3 is 15.6 Å². The number of phosphoric acid groups is 2. The summed E-state index contributed by atoms with van der Waals surface area (Å²) in [6.07, 6.45) is -5.82. The van der Waals surface area contributed by atoms with Crippen LogP contribution in [0, 0.1) is 0 Å². The van der Waals surface area contributed by atoms with Gasteiger partial charge in [0.15, 0.2) is 0 Å². The van der Waals surface area contributed by atoms with Crippen molar-refractivity contribution in [2.24, 2.45) is 0 Å². The fourth-order valence-electron chi connectivity index (χ4n) is 7.20. The molecule has 6 saturated heterocycles. The van der Waals surface area contributed by atoms with Gasteiger partial charge in [0.05, 0.1) is 70.2 Å². The van der Waals surface area contributed by atoms with Crippen LogP contribution in [0.15, 0.2) is 0 Å². The molecule has 0 aromatic heterocycles. The van der Waals surface area contributed by atoms with E-state index in [9.17, 15) is 18.9 Å².